The maximum atomic E-state index is 12.0. The molecule has 2 aromatic carbocycles. The Labute approximate surface area is 143 Å². The highest BCUT2D eigenvalue weighted by molar-refractivity contribution is 7.22. The van der Waals surface area contributed by atoms with Crippen LogP contribution in [-0.4, -0.2) is 16.8 Å². The van der Waals surface area contributed by atoms with Gasteiger partial charge in [-0.3, -0.25) is 9.59 Å². The Bertz CT molecular complexity index is 874. The first-order valence-electron chi connectivity index (χ1n) is 7.58. The molecule has 1 aromatic heterocycles. The molecule has 3 aromatic rings. The maximum Gasteiger partial charge on any atom is 0.235 e. The Balaban J connectivity index is 1.53. The summed E-state index contributed by atoms with van der Waals surface area (Å²) >= 11 is 1.40. The van der Waals surface area contributed by atoms with Crippen molar-refractivity contribution in [2.75, 3.05) is 5.32 Å². The molecule has 0 saturated heterocycles. The topological polar surface area (TPSA) is 71.1 Å². The molecule has 0 aliphatic carbocycles. The van der Waals surface area contributed by atoms with Gasteiger partial charge in [-0.15, -0.1) is 0 Å². The van der Waals surface area contributed by atoms with E-state index in [9.17, 15) is 9.59 Å². The summed E-state index contributed by atoms with van der Waals surface area (Å²) in [6.45, 7) is 2.42. The van der Waals surface area contributed by atoms with Crippen LogP contribution in [0.1, 0.15) is 17.5 Å². The number of carbonyl (C=O) groups is 2. The minimum absolute atomic E-state index is 0.220. The molecule has 0 fully saturated rings. The van der Waals surface area contributed by atoms with Crippen LogP contribution in [0.15, 0.2) is 48.5 Å². The van der Waals surface area contributed by atoms with Gasteiger partial charge in [0.2, 0.25) is 11.8 Å². The van der Waals surface area contributed by atoms with Crippen molar-refractivity contribution in [1.82, 2.24) is 10.3 Å². The number of fused-ring (bicyclic) bond motifs is 1. The Morgan fingerprint density at radius 1 is 1.08 bits per heavy atom. The summed E-state index contributed by atoms with van der Waals surface area (Å²) in [5.74, 6) is -0.676. The van der Waals surface area contributed by atoms with Crippen molar-refractivity contribution in [3.8, 4) is 0 Å². The van der Waals surface area contributed by atoms with Gasteiger partial charge in [0.1, 0.15) is 6.42 Å². The van der Waals surface area contributed by atoms with Gasteiger partial charge in [0.05, 0.1) is 10.2 Å². The van der Waals surface area contributed by atoms with Crippen molar-refractivity contribution in [2.24, 2.45) is 0 Å². The third-order valence-corrected chi connectivity index (χ3v) is 4.38. The number of anilines is 1. The van der Waals surface area contributed by atoms with Crippen LogP contribution in [0.4, 0.5) is 5.13 Å². The minimum Gasteiger partial charge on any atom is -0.352 e. The fourth-order valence-corrected chi connectivity index (χ4v) is 3.23. The molecule has 1 heterocycles. The molecular weight excluding hydrogens is 322 g/mol. The predicted molar refractivity (Wildman–Crippen MR) is 95.9 cm³/mol. The highest BCUT2D eigenvalue weighted by Gasteiger charge is 2.12. The van der Waals surface area contributed by atoms with E-state index >= 15 is 0 Å². The number of rotatable bonds is 5. The Hall–Kier alpha value is -2.73. The van der Waals surface area contributed by atoms with Crippen LogP contribution in [0.3, 0.4) is 0 Å². The highest BCUT2D eigenvalue weighted by atomic mass is 32.1. The van der Waals surface area contributed by atoms with Gasteiger partial charge >= 0.3 is 0 Å². The third kappa shape index (κ3) is 4.17. The quantitative estimate of drug-likeness (QED) is 0.701. The lowest BCUT2D eigenvalue weighted by atomic mass is 10.2. The molecular formula is C18H17N3O2S. The lowest BCUT2D eigenvalue weighted by Crippen LogP contribution is -2.27. The average Bonchev–Trinajstić information content (AvgIpc) is 2.95. The Morgan fingerprint density at radius 3 is 2.67 bits per heavy atom. The van der Waals surface area contributed by atoms with E-state index < -0.39 is 0 Å². The molecule has 24 heavy (non-hydrogen) atoms. The van der Waals surface area contributed by atoms with E-state index in [-0.39, 0.29) is 18.2 Å². The highest BCUT2D eigenvalue weighted by Crippen LogP contribution is 2.26. The van der Waals surface area contributed by atoms with Gasteiger partial charge in [0.25, 0.3) is 0 Å². The van der Waals surface area contributed by atoms with E-state index in [1.54, 1.807) is 0 Å². The first kappa shape index (κ1) is 16.1. The van der Waals surface area contributed by atoms with Crippen molar-refractivity contribution in [3.63, 3.8) is 0 Å². The average molecular weight is 339 g/mol. The van der Waals surface area contributed by atoms with Gasteiger partial charge in [-0.2, -0.15) is 0 Å². The molecule has 122 valence electrons. The zero-order valence-corrected chi connectivity index (χ0v) is 14.0. The molecule has 0 unspecified atom stereocenters. The van der Waals surface area contributed by atoms with Crippen LogP contribution in [0.5, 0.6) is 0 Å². The summed E-state index contributed by atoms with van der Waals surface area (Å²) in [5.41, 5.74) is 2.98. The second-order valence-electron chi connectivity index (χ2n) is 5.48. The van der Waals surface area contributed by atoms with Crippen LogP contribution >= 0.6 is 11.3 Å². The molecule has 0 radical (unpaired) electrons. The smallest absolute Gasteiger partial charge is 0.235 e. The fraction of sp³-hybridized carbons (Fsp3) is 0.167. The summed E-state index contributed by atoms with van der Waals surface area (Å²) in [6.07, 6.45) is -0.220. The van der Waals surface area contributed by atoms with Gasteiger partial charge < -0.3 is 10.6 Å². The molecule has 0 spiro atoms. The third-order valence-electron chi connectivity index (χ3n) is 3.44. The Morgan fingerprint density at radius 2 is 1.88 bits per heavy atom. The summed E-state index contributed by atoms with van der Waals surface area (Å²) < 4.78 is 1.01. The largest absolute Gasteiger partial charge is 0.352 e. The van der Waals surface area contributed by atoms with Crippen LogP contribution in [0, 0.1) is 6.92 Å². The number of aryl methyl sites for hydroxylation is 1. The lowest BCUT2D eigenvalue weighted by molar-refractivity contribution is -0.126. The first-order chi connectivity index (χ1) is 11.6. The molecule has 5 nitrogen and oxygen atoms in total. The van der Waals surface area contributed by atoms with E-state index in [0.717, 1.165) is 21.3 Å². The molecule has 0 saturated carbocycles. The van der Waals surface area contributed by atoms with Gasteiger partial charge in [0, 0.05) is 6.54 Å². The van der Waals surface area contributed by atoms with Crippen LogP contribution in [0.2, 0.25) is 0 Å². The van der Waals surface area contributed by atoms with E-state index in [0.29, 0.717) is 11.7 Å². The number of benzene rings is 2. The van der Waals surface area contributed by atoms with Crippen LogP contribution < -0.4 is 10.6 Å². The summed E-state index contributed by atoms with van der Waals surface area (Å²) in [7, 11) is 0. The van der Waals surface area contributed by atoms with Crippen LogP contribution in [0.25, 0.3) is 10.2 Å². The summed E-state index contributed by atoms with van der Waals surface area (Å²) in [4.78, 5) is 28.2. The number of aromatic nitrogens is 1. The summed E-state index contributed by atoms with van der Waals surface area (Å²) in [6, 6.07) is 15.5. The normalized spacial score (nSPS) is 10.5. The second kappa shape index (κ2) is 7.23. The monoisotopic (exact) mass is 339 g/mol. The molecule has 0 bridgehead atoms. The van der Waals surface area contributed by atoms with Crippen molar-refractivity contribution in [1.29, 1.82) is 0 Å². The number of hydrogen-bond acceptors (Lipinski definition) is 4. The molecule has 0 aliphatic rings. The number of amides is 2. The van der Waals surface area contributed by atoms with Crippen molar-refractivity contribution < 1.29 is 9.59 Å². The van der Waals surface area contributed by atoms with Gasteiger partial charge in [-0.05, 0) is 30.2 Å². The maximum absolute atomic E-state index is 12.0. The van der Waals surface area contributed by atoms with Crippen molar-refractivity contribution in [2.45, 2.75) is 19.9 Å². The lowest BCUT2D eigenvalue weighted by Gasteiger charge is -2.05. The number of nitrogens with zero attached hydrogens (tertiary/aromatic N) is 1. The van der Waals surface area contributed by atoms with Crippen LogP contribution in [-0.2, 0) is 16.1 Å². The zero-order valence-electron chi connectivity index (χ0n) is 13.2. The standard InChI is InChI=1S/C18H17N3O2S/c1-12-7-8-14-15(9-12)24-18(20-14)21-17(23)10-16(22)19-11-13-5-3-2-4-6-13/h2-9H,10-11H2,1H3,(H,19,22)(H,20,21,23). The number of nitrogens with one attached hydrogen (secondary N) is 2. The molecule has 0 atom stereocenters. The minimum atomic E-state index is -0.365. The molecule has 2 amide bonds. The van der Waals surface area contributed by atoms with Gasteiger partial charge in [-0.1, -0.05) is 47.7 Å². The predicted octanol–water partition coefficient (Wildman–Crippen LogP) is 3.25. The van der Waals surface area contributed by atoms with Crippen molar-refractivity contribution in [3.05, 3.63) is 59.7 Å². The van der Waals surface area contributed by atoms with Crippen molar-refractivity contribution >= 4 is 38.5 Å². The first-order valence-corrected chi connectivity index (χ1v) is 8.39. The zero-order chi connectivity index (χ0) is 16.9. The molecule has 3 rings (SSSR count). The van der Waals surface area contributed by atoms with E-state index in [4.69, 9.17) is 0 Å². The van der Waals surface area contributed by atoms with Gasteiger partial charge in [0.15, 0.2) is 5.13 Å². The number of carbonyl (C=O) groups excluding carboxylic acids is 2. The molecule has 2 N–H and O–H groups in total. The second-order valence-corrected chi connectivity index (χ2v) is 6.51. The summed E-state index contributed by atoms with van der Waals surface area (Å²) in [5, 5.41) is 5.93. The van der Waals surface area contributed by atoms with E-state index in [1.807, 2.05) is 55.5 Å². The fourth-order valence-electron chi connectivity index (χ4n) is 2.25. The number of thiazole rings is 1. The molecule has 6 heteroatoms. The number of hydrogen-bond donors (Lipinski definition) is 2. The SMILES string of the molecule is Cc1ccc2nc(NC(=O)CC(=O)NCc3ccccc3)sc2c1. The van der Waals surface area contributed by atoms with E-state index in [2.05, 4.69) is 15.6 Å². The van der Waals surface area contributed by atoms with E-state index in [1.165, 1.54) is 11.3 Å². The van der Waals surface area contributed by atoms with Gasteiger partial charge in [-0.25, -0.2) is 4.98 Å². The molecule has 0 aliphatic heterocycles. The Kier molecular flexibility index (Phi) is 4.86.